The Morgan fingerprint density at radius 2 is 1.78 bits per heavy atom. The van der Waals surface area contributed by atoms with Crippen LogP contribution in [0.4, 0.5) is 22.6 Å². The summed E-state index contributed by atoms with van der Waals surface area (Å²) in [6.45, 7) is 13.7. The number of nitrogens with zero attached hydrogens (tertiary/aromatic N) is 7. The number of ether oxygens (including phenoxy) is 1. The second-order valence-corrected chi connectivity index (χ2v) is 18.6. The van der Waals surface area contributed by atoms with Crippen LogP contribution in [-0.4, -0.2) is 73.5 Å². The highest BCUT2D eigenvalue weighted by Gasteiger charge is 2.66. The highest BCUT2D eigenvalue weighted by atomic mass is 32.1. The molecule has 0 spiro atoms. The number of anilines is 4. The SMILES string of the molecule is Cc1c(Nc2nc3ccccc3s2)nnc2c1CCCN2c1ccc(-c2cnn(CC34CC5(C)CC(C)(C3)CC(OCCNCCCO)(C5)C4)c2C)cn1. The number of nitrogens with one attached hydrogen (secondary N) is 2. The number of fused-ring (bicyclic) bond motifs is 2. The van der Waals surface area contributed by atoms with E-state index >= 15 is 0 Å². The summed E-state index contributed by atoms with van der Waals surface area (Å²) >= 11 is 1.63. The van der Waals surface area contributed by atoms with Crippen LogP contribution in [0.25, 0.3) is 21.3 Å². The zero-order chi connectivity index (χ0) is 37.1. The molecule has 2 unspecified atom stereocenters. The normalized spacial score (nSPS) is 27.2. The van der Waals surface area contributed by atoms with Crippen molar-refractivity contribution in [2.24, 2.45) is 16.2 Å². The summed E-state index contributed by atoms with van der Waals surface area (Å²) in [5.41, 5.74) is 7.39. The highest BCUT2D eigenvalue weighted by molar-refractivity contribution is 7.22. The summed E-state index contributed by atoms with van der Waals surface area (Å²) in [4.78, 5) is 11.9. The lowest BCUT2D eigenvalue weighted by molar-refractivity contribution is -0.247. The van der Waals surface area contributed by atoms with Crippen molar-refractivity contribution in [1.82, 2.24) is 35.3 Å². The van der Waals surface area contributed by atoms with Gasteiger partial charge in [0.05, 0.1) is 28.6 Å². The smallest absolute Gasteiger partial charge is 0.189 e. The van der Waals surface area contributed by atoms with Gasteiger partial charge >= 0.3 is 0 Å². The number of pyridine rings is 1. The number of hydrogen-bond acceptors (Lipinski definition) is 11. The molecule has 11 nitrogen and oxygen atoms in total. The van der Waals surface area contributed by atoms with E-state index in [0.29, 0.717) is 10.8 Å². The first-order valence-corrected chi connectivity index (χ1v) is 20.6. The Balaban J connectivity index is 0.908. The fraction of sp³-hybridized carbons (Fsp3) is 0.548. The summed E-state index contributed by atoms with van der Waals surface area (Å²) in [7, 11) is 0. The molecule has 4 fully saturated rings. The van der Waals surface area contributed by atoms with Crippen molar-refractivity contribution in [3.8, 4) is 11.1 Å². The molecule has 1 aromatic carbocycles. The lowest BCUT2D eigenvalue weighted by Gasteiger charge is -2.69. The first-order valence-electron chi connectivity index (χ1n) is 19.8. The quantitative estimate of drug-likeness (QED) is 0.102. The van der Waals surface area contributed by atoms with Crippen molar-refractivity contribution < 1.29 is 9.84 Å². The third-order valence-corrected chi connectivity index (χ3v) is 13.6. The largest absolute Gasteiger partial charge is 0.396 e. The molecule has 2 atom stereocenters. The van der Waals surface area contributed by atoms with E-state index in [1.165, 1.54) is 30.5 Å². The van der Waals surface area contributed by atoms with Crippen LogP contribution in [0.3, 0.4) is 0 Å². The summed E-state index contributed by atoms with van der Waals surface area (Å²) in [5, 5.41) is 31.2. The van der Waals surface area contributed by atoms with Gasteiger partial charge in [-0.05, 0) is 119 Å². The molecule has 0 amide bonds. The summed E-state index contributed by atoms with van der Waals surface area (Å²) in [6, 6.07) is 12.5. The predicted molar refractivity (Wildman–Crippen MR) is 215 cm³/mol. The number of aromatic nitrogens is 6. The van der Waals surface area contributed by atoms with Crippen molar-refractivity contribution >= 4 is 44.1 Å². The van der Waals surface area contributed by atoms with E-state index in [0.717, 1.165) is 121 Å². The van der Waals surface area contributed by atoms with Crippen LogP contribution < -0.4 is 15.5 Å². The minimum absolute atomic E-state index is 0.0645. The summed E-state index contributed by atoms with van der Waals surface area (Å²) in [6.07, 6.45) is 14.0. The van der Waals surface area contributed by atoms with Crippen LogP contribution in [0.1, 0.15) is 82.0 Å². The zero-order valence-electron chi connectivity index (χ0n) is 32.1. The van der Waals surface area contributed by atoms with Crippen LogP contribution in [0.15, 0.2) is 48.8 Å². The Hall–Kier alpha value is -3.97. The minimum Gasteiger partial charge on any atom is -0.396 e. The third-order valence-electron chi connectivity index (χ3n) is 12.7. The summed E-state index contributed by atoms with van der Waals surface area (Å²) < 4.78 is 10.3. The topological polar surface area (TPSA) is 126 Å². The maximum atomic E-state index is 9.13. The average molecular weight is 748 g/mol. The molecule has 10 rings (SSSR count). The molecule has 5 aromatic rings. The highest BCUT2D eigenvalue weighted by Crippen LogP contribution is 2.72. The Kier molecular flexibility index (Phi) is 9.03. The van der Waals surface area contributed by atoms with E-state index in [2.05, 4.69) is 71.2 Å². The van der Waals surface area contributed by atoms with Crippen LogP contribution >= 0.6 is 11.3 Å². The number of aliphatic hydroxyl groups is 1. The van der Waals surface area contributed by atoms with E-state index in [1.54, 1.807) is 11.3 Å². The zero-order valence-corrected chi connectivity index (χ0v) is 32.9. The van der Waals surface area contributed by atoms with Crippen LogP contribution in [-0.2, 0) is 17.7 Å². The minimum atomic E-state index is -0.0645. The lowest BCUT2D eigenvalue weighted by atomic mass is 9.39. The van der Waals surface area contributed by atoms with Gasteiger partial charge in [-0.1, -0.05) is 37.3 Å². The number of aliphatic hydroxyl groups excluding tert-OH is 1. The number of para-hydroxylation sites is 1. The molecule has 4 aromatic heterocycles. The van der Waals surface area contributed by atoms with Crippen LogP contribution in [0.5, 0.6) is 0 Å². The van der Waals surface area contributed by atoms with Gasteiger partial charge in [-0.15, -0.1) is 10.2 Å². The Morgan fingerprint density at radius 1 is 0.944 bits per heavy atom. The number of thiazole rings is 1. The molecule has 284 valence electrons. The maximum absolute atomic E-state index is 9.13. The van der Waals surface area contributed by atoms with Crippen molar-refractivity contribution in [2.45, 2.75) is 97.6 Å². The molecule has 12 heteroatoms. The molecule has 0 radical (unpaired) electrons. The first kappa shape index (κ1) is 35.7. The Labute approximate surface area is 322 Å². The lowest BCUT2D eigenvalue weighted by Crippen LogP contribution is -2.64. The molecular formula is C42H53N9O2S. The van der Waals surface area contributed by atoms with Crippen molar-refractivity contribution in [3.63, 3.8) is 0 Å². The van der Waals surface area contributed by atoms with Gasteiger partial charge in [-0.3, -0.25) is 4.68 Å². The van der Waals surface area contributed by atoms with Crippen molar-refractivity contribution in [2.75, 3.05) is 43.1 Å². The average Bonchev–Trinajstić information content (AvgIpc) is 3.71. The van der Waals surface area contributed by atoms with Crippen molar-refractivity contribution in [1.29, 1.82) is 0 Å². The fourth-order valence-electron chi connectivity index (χ4n) is 11.7. The van der Waals surface area contributed by atoms with E-state index in [-0.39, 0.29) is 17.6 Å². The monoisotopic (exact) mass is 747 g/mol. The van der Waals surface area contributed by atoms with Crippen LogP contribution in [0.2, 0.25) is 0 Å². The number of benzene rings is 1. The van der Waals surface area contributed by atoms with Gasteiger partial charge in [0.15, 0.2) is 16.8 Å². The molecule has 0 saturated heterocycles. The molecule has 1 aliphatic heterocycles. The van der Waals surface area contributed by atoms with Gasteiger partial charge < -0.3 is 25.4 Å². The number of rotatable bonds is 13. The van der Waals surface area contributed by atoms with Gasteiger partial charge in [0, 0.05) is 60.4 Å². The molecule has 3 N–H and O–H groups in total. The molecule has 4 bridgehead atoms. The standard InChI is InChI=1S/C42H53N9O2S/c1-28-31-9-7-16-50(37(31)49-48-36(28)47-38-46-33-10-5-6-11-34(33)54-38)35-13-12-30(19-44-35)32-20-45-51(29(32)2)27-41-22-39(3)21-40(4,23-41)25-42(24-39,26-41)53-18-15-43-14-8-17-52/h5-6,10-13,19-20,43,52H,7-9,14-18,21-27H2,1-4H3,(H,46,47,48). The Morgan fingerprint density at radius 3 is 2.56 bits per heavy atom. The third kappa shape index (κ3) is 6.58. The van der Waals surface area contributed by atoms with Gasteiger partial charge in [-0.2, -0.15) is 5.10 Å². The van der Waals surface area contributed by atoms with Gasteiger partial charge in [0.1, 0.15) is 5.82 Å². The molecule has 4 saturated carbocycles. The van der Waals surface area contributed by atoms with Crippen LogP contribution in [0, 0.1) is 30.1 Å². The predicted octanol–water partition coefficient (Wildman–Crippen LogP) is 7.90. The molecule has 54 heavy (non-hydrogen) atoms. The van der Waals surface area contributed by atoms with Gasteiger partial charge in [-0.25, -0.2) is 9.97 Å². The fourth-order valence-corrected chi connectivity index (χ4v) is 12.5. The first-order chi connectivity index (χ1) is 26.1. The number of hydrogen-bond donors (Lipinski definition) is 3. The van der Waals surface area contributed by atoms with E-state index in [1.807, 2.05) is 30.6 Å². The second-order valence-electron chi connectivity index (χ2n) is 17.6. The Bertz CT molecular complexity index is 2110. The van der Waals surface area contributed by atoms with Gasteiger partial charge in [0.25, 0.3) is 0 Å². The van der Waals surface area contributed by atoms with E-state index in [4.69, 9.17) is 30.0 Å². The van der Waals surface area contributed by atoms with E-state index < -0.39 is 0 Å². The maximum Gasteiger partial charge on any atom is 0.189 e. The molecule has 5 heterocycles. The molecular weight excluding hydrogens is 695 g/mol. The van der Waals surface area contributed by atoms with Crippen molar-refractivity contribution in [3.05, 3.63) is 65.6 Å². The molecule has 4 aliphatic carbocycles. The second kappa shape index (κ2) is 13.6. The van der Waals surface area contributed by atoms with Gasteiger partial charge in [0.2, 0.25) is 0 Å². The van der Waals surface area contributed by atoms with E-state index in [9.17, 15) is 0 Å². The summed E-state index contributed by atoms with van der Waals surface area (Å²) in [5.74, 6) is 2.53. The molecule has 5 aliphatic rings.